The fraction of sp³-hybridized carbons (Fsp3) is 0.727. The molecule has 0 heterocycles. The average molecular weight is 196 g/mol. The molecule has 0 saturated carbocycles. The van der Waals surface area contributed by atoms with E-state index in [4.69, 9.17) is 6.42 Å². The van der Waals surface area contributed by atoms with Crippen molar-refractivity contribution in [2.45, 2.75) is 52.2 Å². The van der Waals surface area contributed by atoms with Crippen LogP contribution in [0.4, 0.5) is 0 Å². The van der Waals surface area contributed by atoms with Gasteiger partial charge in [0.25, 0.3) is 0 Å². The Hall–Kier alpha value is -1.01. The molecule has 0 aromatic heterocycles. The molecule has 0 rings (SSSR count). The summed E-state index contributed by atoms with van der Waals surface area (Å²) in [6.07, 6.45) is 5.31. The van der Waals surface area contributed by atoms with Gasteiger partial charge >= 0.3 is 0 Å². The molecular weight excluding hydrogens is 176 g/mol. The van der Waals surface area contributed by atoms with Gasteiger partial charge in [0.2, 0.25) is 5.91 Å². The number of nitrogens with one attached hydrogen (secondary N) is 2. The second kappa shape index (κ2) is 5.02. The molecule has 2 N–H and O–H groups in total. The van der Waals surface area contributed by atoms with Crippen molar-refractivity contribution in [3.63, 3.8) is 0 Å². The van der Waals surface area contributed by atoms with Crippen LogP contribution in [0.15, 0.2) is 0 Å². The number of carbonyl (C=O) groups is 1. The van der Waals surface area contributed by atoms with E-state index in [9.17, 15) is 4.79 Å². The molecule has 0 fully saturated rings. The lowest BCUT2D eigenvalue weighted by Crippen LogP contribution is -2.51. The van der Waals surface area contributed by atoms with E-state index in [1.54, 1.807) is 6.92 Å². The van der Waals surface area contributed by atoms with Gasteiger partial charge < -0.3 is 5.32 Å². The fourth-order valence-electron chi connectivity index (χ4n) is 1.06. The first-order chi connectivity index (χ1) is 6.28. The summed E-state index contributed by atoms with van der Waals surface area (Å²) in [5.41, 5.74) is -0.451. The molecule has 1 amide bonds. The maximum Gasteiger partial charge on any atom is 0.237 e. The lowest BCUT2D eigenvalue weighted by atomic mass is 10.1. The van der Waals surface area contributed by atoms with E-state index in [1.807, 2.05) is 27.7 Å². The van der Waals surface area contributed by atoms with Gasteiger partial charge in [0, 0.05) is 6.04 Å². The highest BCUT2D eigenvalue weighted by Crippen LogP contribution is 2.01. The average Bonchev–Trinajstić information content (AvgIpc) is 2.02. The van der Waals surface area contributed by atoms with Gasteiger partial charge in [-0.05, 0) is 34.6 Å². The summed E-state index contributed by atoms with van der Waals surface area (Å²) in [4.78, 5) is 11.5. The third-order valence-electron chi connectivity index (χ3n) is 1.76. The van der Waals surface area contributed by atoms with Crippen molar-refractivity contribution in [3.05, 3.63) is 0 Å². The molecule has 0 radical (unpaired) electrons. The molecule has 0 aromatic carbocycles. The molecular formula is C11H20N2O. The van der Waals surface area contributed by atoms with Gasteiger partial charge in [-0.25, -0.2) is 0 Å². The first kappa shape index (κ1) is 13.0. The van der Waals surface area contributed by atoms with Crippen LogP contribution in [0.2, 0.25) is 0 Å². The Morgan fingerprint density at radius 3 is 2.21 bits per heavy atom. The Kier molecular flexibility index (Phi) is 4.65. The Bertz CT molecular complexity index is 238. The number of terminal acetylenes is 1. The minimum atomic E-state index is -0.451. The smallest absolute Gasteiger partial charge is 0.237 e. The second-order valence-electron chi connectivity index (χ2n) is 4.30. The molecule has 0 aliphatic rings. The van der Waals surface area contributed by atoms with E-state index in [2.05, 4.69) is 16.6 Å². The molecule has 3 heteroatoms. The van der Waals surface area contributed by atoms with Crippen LogP contribution in [-0.2, 0) is 4.79 Å². The monoisotopic (exact) mass is 196 g/mol. The van der Waals surface area contributed by atoms with Crippen LogP contribution in [-0.4, -0.2) is 23.5 Å². The highest BCUT2D eigenvalue weighted by atomic mass is 16.2. The van der Waals surface area contributed by atoms with Crippen molar-refractivity contribution in [2.24, 2.45) is 0 Å². The van der Waals surface area contributed by atoms with Gasteiger partial charge in [0.15, 0.2) is 0 Å². The van der Waals surface area contributed by atoms with Gasteiger partial charge in [-0.3, -0.25) is 10.1 Å². The lowest BCUT2D eigenvalue weighted by molar-refractivity contribution is -0.123. The molecule has 1 atom stereocenters. The van der Waals surface area contributed by atoms with Crippen molar-refractivity contribution in [2.75, 3.05) is 0 Å². The summed E-state index contributed by atoms with van der Waals surface area (Å²) in [6, 6.07) is -0.121. The van der Waals surface area contributed by atoms with Gasteiger partial charge in [0.05, 0.1) is 11.6 Å². The Morgan fingerprint density at radius 1 is 1.36 bits per heavy atom. The summed E-state index contributed by atoms with van der Waals surface area (Å²) in [6.45, 7) is 9.39. The number of hydrogen-bond donors (Lipinski definition) is 2. The van der Waals surface area contributed by atoms with Gasteiger partial charge in [-0.2, -0.15) is 0 Å². The van der Waals surface area contributed by atoms with E-state index in [1.165, 1.54) is 0 Å². The SMILES string of the molecule is C#CC(C)(C)NC(C)C(=O)NC(C)C. The van der Waals surface area contributed by atoms with Crippen LogP contribution in [0.5, 0.6) is 0 Å². The highest BCUT2D eigenvalue weighted by molar-refractivity contribution is 5.81. The number of rotatable bonds is 4. The predicted molar refractivity (Wildman–Crippen MR) is 58.8 cm³/mol. The quantitative estimate of drug-likeness (QED) is 0.656. The van der Waals surface area contributed by atoms with Gasteiger partial charge in [-0.1, -0.05) is 5.92 Å². The Labute approximate surface area is 86.6 Å². The molecule has 0 bridgehead atoms. The predicted octanol–water partition coefficient (Wildman–Crippen LogP) is 0.901. The Balaban J connectivity index is 4.16. The summed E-state index contributed by atoms with van der Waals surface area (Å²) >= 11 is 0. The molecule has 3 nitrogen and oxygen atoms in total. The fourth-order valence-corrected chi connectivity index (χ4v) is 1.06. The van der Waals surface area contributed by atoms with Crippen LogP contribution >= 0.6 is 0 Å². The van der Waals surface area contributed by atoms with Crippen LogP contribution in [0.3, 0.4) is 0 Å². The topological polar surface area (TPSA) is 41.1 Å². The zero-order valence-electron chi connectivity index (χ0n) is 9.64. The third kappa shape index (κ3) is 4.88. The zero-order chi connectivity index (χ0) is 11.4. The largest absolute Gasteiger partial charge is 0.353 e. The normalized spacial score (nSPS) is 13.5. The minimum Gasteiger partial charge on any atom is -0.353 e. The van der Waals surface area contributed by atoms with Crippen LogP contribution < -0.4 is 10.6 Å². The first-order valence-electron chi connectivity index (χ1n) is 4.84. The molecule has 0 aliphatic carbocycles. The van der Waals surface area contributed by atoms with Crippen LogP contribution in [0.25, 0.3) is 0 Å². The van der Waals surface area contributed by atoms with E-state index >= 15 is 0 Å². The highest BCUT2D eigenvalue weighted by Gasteiger charge is 2.21. The van der Waals surface area contributed by atoms with Gasteiger partial charge in [0.1, 0.15) is 0 Å². The Morgan fingerprint density at radius 2 is 1.86 bits per heavy atom. The van der Waals surface area contributed by atoms with E-state index < -0.39 is 5.54 Å². The van der Waals surface area contributed by atoms with E-state index in [0.717, 1.165) is 0 Å². The van der Waals surface area contributed by atoms with Crippen molar-refractivity contribution in [1.82, 2.24) is 10.6 Å². The molecule has 0 spiro atoms. The van der Waals surface area contributed by atoms with Crippen LogP contribution in [0.1, 0.15) is 34.6 Å². The molecule has 0 saturated heterocycles. The standard InChI is InChI=1S/C11H20N2O/c1-7-11(5,6)13-9(4)10(14)12-8(2)3/h1,8-9,13H,2-6H3,(H,12,14). The summed E-state index contributed by atoms with van der Waals surface area (Å²) in [7, 11) is 0. The molecule has 1 unspecified atom stereocenters. The maximum absolute atomic E-state index is 11.5. The second-order valence-corrected chi connectivity index (χ2v) is 4.30. The third-order valence-corrected chi connectivity index (χ3v) is 1.76. The number of hydrogen-bond acceptors (Lipinski definition) is 2. The summed E-state index contributed by atoms with van der Waals surface area (Å²) in [5.74, 6) is 2.56. The van der Waals surface area contributed by atoms with Crippen molar-refractivity contribution in [3.8, 4) is 12.3 Å². The summed E-state index contributed by atoms with van der Waals surface area (Å²) < 4.78 is 0. The maximum atomic E-state index is 11.5. The van der Waals surface area contributed by atoms with Crippen molar-refractivity contribution < 1.29 is 4.79 Å². The van der Waals surface area contributed by atoms with Crippen LogP contribution in [0, 0.1) is 12.3 Å². The number of carbonyl (C=O) groups excluding carboxylic acids is 1. The van der Waals surface area contributed by atoms with Crippen molar-refractivity contribution >= 4 is 5.91 Å². The molecule has 80 valence electrons. The minimum absolute atomic E-state index is 0.0247. The van der Waals surface area contributed by atoms with Crippen molar-refractivity contribution in [1.29, 1.82) is 0 Å². The summed E-state index contributed by atoms with van der Waals surface area (Å²) in [5, 5.41) is 5.88. The molecule has 0 aromatic rings. The van der Waals surface area contributed by atoms with Gasteiger partial charge in [-0.15, -0.1) is 6.42 Å². The molecule has 0 aliphatic heterocycles. The zero-order valence-corrected chi connectivity index (χ0v) is 9.64. The lowest BCUT2D eigenvalue weighted by Gasteiger charge is -2.25. The molecule has 14 heavy (non-hydrogen) atoms. The first-order valence-corrected chi connectivity index (χ1v) is 4.84. The number of amides is 1. The van der Waals surface area contributed by atoms with E-state index in [0.29, 0.717) is 0 Å². The van der Waals surface area contributed by atoms with E-state index in [-0.39, 0.29) is 18.0 Å².